The maximum Gasteiger partial charge on any atom is 0.322 e. The zero-order valence-electron chi connectivity index (χ0n) is 12.2. The van der Waals surface area contributed by atoms with E-state index in [9.17, 15) is 9.59 Å². The van der Waals surface area contributed by atoms with E-state index in [0.29, 0.717) is 17.7 Å². The summed E-state index contributed by atoms with van der Waals surface area (Å²) in [7, 11) is 0. The lowest BCUT2D eigenvalue weighted by Crippen LogP contribution is -2.52. The first-order valence-electron chi connectivity index (χ1n) is 6.92. The molecule has 0 amide bonds. The van der Waals surface area contributed by atoms with Crippen molar-refractivity contribution in [2.75, 3.05) is 0 Å². The zero-order chi connectivity index (χ0) is 17.0. The fourth-order valence-corrected chi connectivity index (χ4v) is 2.16. The zero-order valence-corrected chi connectivity index (χ0v) is 12.2. The lowest BCUT2D eigenvalue weighted by atomic mass is 9.97. The summed E-state index contributed by atoms with van der Waals surface area (Å²) in [5, 5.41) is 21.5. The monoisotopic (exact) mass is 316 g/mol. The Balaban J connectivity index is 1.93. The highest BCUT2D eigenvalue weighted by Gasteiger charge is 2.31. The Bertz CT molecular complexity index is 678. The van der Waals surface area contributed by atoms with Crippen molar-refractivity contribution in [3.05, 3.63) is 35.4 Å². The molecule has 1 aliphatic rings. The molecule has 8 nitrogen and oxygen atoms in total. The van der Waals surface area contributed by atoms with Crippen molar-refractivity contribution >= 4 is 17.5 Å². The predicted molar refractivity (Wildman–Crippen MR) is 80.4 cm³/mol. The topological polar surface area (TPSA) is 152 Å². The Kier molecular flexibility index (Phi) is 5.05. The minimum atomic E-state index is -1.44. The normalized spacial score (nSPS) is 19.2. The van der Waals surface area contributed by atoms with Gasteiger partial charge < -0.3 is 21.4 Å². The van der Waals surface area contributed by atoms with Gasteiger partial charge in [0.2, 0.25) is 0 Å². The number of carboxylic acids is 1. The number of nitrogens with zero attached hydrogens (tertiary/aromatic N) is 2. The van der Waals surface area contributed by atoms with Gasteiger partial charge in [0.05, 0.1) is 23.4 Å². The molecule has 0 radical (unpaired) electrons. The standard InChI is InChI=1S/C15H16N4O4/c16-7-8-1-3-9(4-2-8)11-5-10(23-19-11)6-12(20)13(17)14(18)15(21)22/h1-4,10,13-14H,5-6,17-18H2,(H,21,22)/t10-,13?,14+/m1/s1. The summed E-state index contributed by atoms with van der Waals surface area (Å²) < 4.78 is 0. The Morgan fingerprint density at radius 3 is 2.57 bits per heavy atom. The number of rotatable bonds is 6. The number of carboxylic acid groups (broad SMARTS) is 1. The molecule has 1 unspecified atom stereocenters. The van der Waals surface area contributed by atoms with Crippen LogP contribution in [0.2, 0.25) is 0 Å². The molecular weight excluding hydrogens is 300 g/mol. The third kappa shape index (κ3) is 3.91. The van der Waals surface area contributed by atoms with Crippen LogP contribution in [0.3, 0.4) is 0 Å². The molecule has 1 aliphatic heterocycles. The summed E-state index contributed by atoms with van der Waals surface area (Å²) in [6.07, 6.45) is -0.168. The summed E-state index contributed by atoms with van der Waals surface area (Å²) in [6.45, 7) is 0. The molecule has 0 saturated carbocycles. The van der Waals surface area contributed by atoms with Gasteiger partial charge in [-0.15, -0.1) is 0 Å². The van der Waals surface area contributed by atoms with Crippen molar-refractivity contribution in [1.82, 2.24) is 0 Å². The van der Waals surface area contributed by atoms with Crippen molar-refractivity contribution < 1.29 is 19.5 Å². The molecule has 1 aromatic rings. The SMILES string of the molecule is N#Cc1ccc(C2=NO[C@@H](CC(=O)C(N)[C@H](N)C(=O)O)C2)cc1. The maximum absolute atomic E-state index is 11.9. The van der Waals surface area contributed by atoms with Crippen molar-refractivity contribution in [1.29, 1.82) is 5.26 Å². The quantitative estimate of drug-likeness (QED) is 0.654. The van der Waals surface area contributed by atoms with E-state index in [1.54, 1.807) is 24.3 Å². The third-order valence-electron chi connectivity index (χ3n) is 3.55. The van der Waals surface area contributed by atoms with E-state index in [1.165, 1.54) is 0 Å². The van der Waals surface area contributed by atoms with Gasteiger partial charge in [0.15, 0.2) is 5.78 Å². The summed E-state index contributed by atoms with van der Waals surface area (Å²) in [5.74, 6) is -1.81. The molecule has 0 aromatic heterocycles. The van der Waals surface area contributed by atoms with Gasteiger partial charge in [-0.05, 0) is 17.7 Å². The average molecular weight is 316 g/mol. The minimum Gasteiger partial charge on any atom is -0.480 e. The first kappa shape index (κ1) is 16.6. The first-order chi connectivity index (χ1) is 10.9. The van der Waals surface area contributed by atoms with Gasteiger partial charge in [-0.3, -0.25) is 9.59 Å². The number of carbonyl (C=O) groups is 2. The number of aliphatic carboxylic acids is 1. The molecule has 0 fully saturated rings. The van der Waals surface area contributed by atoms with Gasteiger partial charge in [0.25, 0.3) is 0 Å². The summed E-state index contributed by atoms with van der Waals surface area (Å²) in [6, 6.07) is 6.12. The Labute approximate surface area is 132 Å². The van der Waals surface area contributed by atoms with E-state index >= 15 is 0 Å². The molecule has 120 valence electrons. The lowest BCUT2D eigenvalue weighted by Gasteiger charge is -2.16. The van der Waals surface area contributed by atoms with Crippen molar-refractivity contribution in [3.8, 4) is 6.07 Å². The number of hydrogen-bond acceptors (Lipinski definition) is 7. The molecule has 0 bridgehead atoms. The number of ketones is 1. The van der Waals surface area contributed by atoms with Gasteiger partial charge in [-0.25, -0.2) is 0 Å². The van der Waals surface area contributed by atoms with Crippen molar-refractivity contribution in [3.63, 3.8) is 0 Å². The van der Waals surface area contributed by atoms with Crippen molar-refractivity contribution in [2.24, 2.45) is 16.6 Å². The molecule has 5 N–H and O–H groups in total. The second kappa shape index (κ2) is 7.00. The molecule has 2 rings (SSSR count). The van der Waals surface area contributed by atoms with Crippen LogP contribution in [0.25, 0.3) is 0 Å². The van der Waals surface area contributed by atoms with E-state index in [0.717, 1.165) is 5.56 Å². The van der Waals surface area contributed by atoms with E-state index in [4.69, 9.17) is 26.7 Å². The molecule has 0 saturated heterocycles. The van der Waals surface area contributed by atoms with Crippen LogP contribution in [0.1, 0.15) is 24.0 Å². The molecule has 0 spiro atoms. The number of benzene rings is 1. The first-order valence-corrected chi connectivity index (χ1v) is 6.92. The maximum atomic E-state index is 11.9. The van der Waals surface area contributed by atoms with E-state index in [2.05, 4.69) is 5.16 Å². The minimum absolute atomic E-state index is 0.0641. The predicted octanol–water partition coefficient (Wildman–Crippen LogP) is -0.250. The Morgan fingerprint density at radius 1 is 1.35 bits per heavy atom. The van der Waals surface area contributed by atoms with Gasteiger partial charge in [0, 0.05) is 12.8 Å². The number of oxime groups is 1. The fourth-order valence-electron chi connectivity index (χ4n) is 2.16. The fraction of sp³-hybridized carbons (Fsp3) is 0.333. The van der Waals surface area contributed by atoms with E-state index < -0.39 is 29.9 Å². The number of hydrogen-bond donors (Lipinski definition) is 3. The second-order valence-electron chi connectivity index (χ2n) is 5.22. The van der Waals surface area contributed by atoms with Gasteiger partial charge in [-0.1, -0.05) is 17.3 Å². The van der Waals surface area contributed by atoms with Crippen LogP contribution in [0.4, 0.5) is 0 Å². The van der Waals surface area contributed by atoms with Crippen LogP contribution in [0.5, 0.6) is 0 Å². The Morgan fingerprint density at radius 2 is 2.00 bits per heavy atom. The molecule has 8 heteroatoms. The van der Waals surface area contributed by atoms with Crippen LogP contribution >= 0.6 is 0 Å². The number of nitriles is 1. The number of nitrogens with two attached hydrogens (primary N) is 2. The summed E-state index contributed by atoms with van der Waals surface area (Å²) in [5.41, 5.74) is 12.9. The van der Waals surface area contributed by atoms with Crippen molar-refractivity contribution in [2.45, 2.75) is 31.0 Å². The molecule has 1 heterocycles. The largest absolute Gasteiger partial charge is 0.480 e. The number of Topliss-reactive ketones (excluding diaryl/α,β-unsaturated/α-hetero) is 1. The highest BCUT2D eigenvalue weighted by molar-refractivity contribution is 6.01. The van der Waals surface area contributed by atoms with Crippen LogP contribution in [-0.4, -0.2) is 40.8 Å². The van der Waals surface area contributed by atoms with Crippen LogP contribution in [0.15, 0.2) is 29.4 Å². The summed E-state index contributed by atoms with van der Waals surface area (Å²) >= 11 is 0. The molecule has 23 heavy (non-hydrogen) atoms. The van der Waals surface area contributed by atoms with Crippen LogP contribution in [0, 0.1) is 11.3 Å². The van der Waals surface area contributed by atoms with Gasteiger partial charge >= 0.3 is 5.97 Å². The molecule has 1 aromatic carbocycles. The van der Waals surface area contributed by atoms with E-state index in [-0.39, 0.29) is 6.42 Å². The van der Waals surface area contributed by atoms with Gasteiger partial charge in [0.1, 0.15) is 12.1 Å². The number of carbonyl (C=O) groups excluding carboxylic acids is 1. The van der Waals surface area contributed by atoms with E-state index in [1.807, 2.05) is 6.07 Å². The summed E-state index contributed by atoms with van der Waals surface area (Å²) in [4.78, 5) is 27.9. The van der Waals surface area contributed by atoms with Crippen LogP contribution < -0.4 is 11.5 Å². The average Bonchev–Trinajstić information content (AvgIpc) is 3.01. The van der Waals surface area contributed by atoms with Gasteiger partial charge in [-0.2, -0.15) is 5.26 Å². The Hall–Kier alpha value is -2.76. The molecular formula is C15H16N4O4. The second-order valence-corrected chi connectivity index (χ2v) is 5.22. The highest BCUT2D eigenvalue weighted by Crippen LogP contribution is 2.20. The highest BCUT2D eigenvalue weighted by atomic mass is 16.6. The molecule has 3 atom stereocenters. The third-order valence-corrected chi connectivity index (χ3v) is 3.55. The lowest BCUT2D eigenvalue weighted by molar-refractivity contribution is -0.141. The van der Waals surface area contributed by atoms with Crippen LogP contribution in [-0.2, 0) is 14.4 Å². The molecule has 0 aliphatic carbocycles. The smallest absolute Gasteiger partial charge is 0.322 e.